The summed E-state index contributed by atoms with van der Waals surface area (Å²) in [6.45, 7) is 22.0. The summed E-state index contributed by atoms with van der Waals surface area (Å²) in [4.78, 5) is 53.7. The van der Waals surface area contributed by atoms with E-state index >= 15 is 0 Å². The van der Waals surface area contributed by atoms with Crippen LogP contribution in [0.15, 0.2) is 67.1 Å². The van der Waals surface area contributed by atoms with Crippen molar-refractivity contribution in [2.24, 2.45) is 0 Å². The normalized spacial score (nSPS) is 13.1. The molecule has 460 valence electrons. The number of hydrogen-bond acceptors (Lipinski definition) is 25. The Morgan fingerprint density at radius 3 is 1.24 bits per heavy atom. The summed E-state index contributed by atoms with van der Waals surface area (Å²) in [5, 5.41) is 9.23. The minimum atomic E-state index is -4.16. The van der Waals surface area contributed by atoms with E-state index in [0.717, 1.165) is 5.56 Å². The van der Waals surface area contributed by atoms with E-state index in [1.807, 2.05) is 18.4 Å². The Hall–Kier alpha value is -4.79. The molecule has 0 bridgehead atoms. The van der Waals surface area contributed by atoms with Crippen LogP contribution in [-0.2, 0) is 75.2 Å². The second-order valence-electron chi connectivity index (χ2n) is 18.2. The van der Waals surface area contributed by atoms with E-state index in [4.69, 9.17) is 58.7 Å². The third-order valence-corrected chi connectivity index (χ3v) is 15.1. The van der Waals surface area contributed by atoms with Crippen LogP contribution >= 0.6 is 38.1 Å². The first kappa shape index (κ1) is 73.3. The third kappa shape index (κ3) is 25.6. The number of aliphatic hydroxyl groups is 1. The van der Waals surface area contributed by atoms with Crippen molar-refractivity contribution in [3.8, 4) is 0 Å². The van der Waals surface area contributed by atoms with Gasteiger partial charge in [0.2, 0.25) is 0 Å². The number of nitrogens with zero attached hydrogens (tertiary/aromatic N) is 12. The Kier molecular flexibility index (Phi) is 30.6. The average Bonchev–Trinajstić information content (AvgIpc) is 4.31. The lowest BCUT2D eigenvalue weighted by Gasteiger charge is -2.20. The lowest BCUT2D eigenvalue weighted by Crippen LogP contribution is -2.18. The Morgan fingerprint density at radius 2 is 0.915 bits per heavy atom. The maximum Gasteiger partial charge on any atom is 0.357 e. The molecular weight excluding hydrogens is 1240 g/mol. The van der Waals surface area contributed by atoms with Crippen LogP contribution in [0.1, 0.15) is 61.5 Å². The van der Waals surface area contributed by atoms with Crippen LogP contribution in [0.25, 0.3) is 33.5 Å². The molecule has 36 heteroatoms. The van der Waals surface area contributed by atoms with E-state index in [2.05, 4.69) is 79.8 Å². The molecule has 6 aromatic heterocycles. The Balaban J connectivity index is 0.000000365. The summed E-state index contributed by atoms with van der Waals surface area (Å²) < 4.78 is 100. The molecule has 9 N–H and O–H groups in total. The molecule has 0 aliphatic rings. The maximum absolute atomic E-state index is 12.4. The number of nitrogens with two attached hydrogens (primary N) is 3. The van der Waals surface area contributed by atoms with Crippen LogP contribution in [-0.4, -0.2) is 152 Å². The third-order valence-electron chi connectivity index (χ3n) is 9.68. The Morgan fingerprint density at radius 1 is 0.585 bits per heavy atom. The molecule has 0 saturated heterocycles. The Labute approximate surface area is 486 Å². The number of aryl methyl sites for hydroxylation is 1. The second kappa shape index (κ2) is 34.2. The number of ether oxygens (including phenoxy) is 2. The number of aliphatic hydroxyl groups excluding tert-OH is 1. The first-order valence-electron chi connectivity index (χ1n) is 25.0. The van der Waals surface area contributed by atoms with Crippen molar-refractivity contribution in [1.29, 1.82) is 0 Å². The number of halogens is 1. The Bertz CT molecular complexity index is 3270. The highest BCUT2D eigenvalue weighted by Gasteiger charge is 2.29. The van der Waals surface area contributed by atoms with Crippen molar-refractivity contribution < 1.29 is 68.8 Å². The fourth-order valence-corrected chi connectivity index (χ4v) is 11.0. The van der Waals surface area contributed by atoms with Gasteiger partial charge in [-0.2, -0.15) is 8.42 Å². The van der Waals surface area contributed by atoms with Gasteiger partial charge in [-0.1, -0.05) is 44.8 Å². The number of rotatable bonds is 24. The summed E-state index contributed by atoms with van der Waals surface area (Å²) >= 11 is 3.51. The molecule has 0 fully saturated rings. The number of imidazole rings is 3. The van der Waals surface area contributed by atoms with Crippen molar-refractivity contribution in [3.05, 3.63) is 67.8 Å². The molecule has 0 amide bonds. The smallest absolute Gasteiger partial charge is 0.357 e. The predicted octanol–water partition coefficient (Wildman–Crippen LogP) is 7.55. The van der Waals surface area contributed by atoms with Gasteiger partial charge in [-0.15, -0.1) is 15.3 Å². The average molecular weight is 1320 g/mol. The molecule has 0 radical (unpaired) electrons. The first-order valence-corrected chi connectivity index (χ1v) is 37.4. The van der Waals surface area contributed by atoms with E-state index in [9.17, 15) is 27.2 Å². The van der Waals surface area contributed by atoms with Crippen LogP contribution in [0.4, 0.5) is 17.5 Å². The summed E-state index contributed by atoms with van der Waals surface area (Å²) in [6, 6.07) is 6.16. The number of nitrogen functional groups attached to an aromatic ring is 3. The molecule has 0 saturated carbocycles. The SMILES string of the molecule is C.CCOP(=O)(COS(=O)(=O)c1ccc(C)cc1)OCC.CCOP(=O)(CO[C@H](C)Cn1cnc2c(N)ncnc21)OCC.C[C@@H](O)Cn1cnc2c(N)ncnc21.C[C@H](Cn1cnc2c(N)ncnc21)OCP(=O)(O)O.C[Si](C)(C)Br. The maximum atomic E-state index is 12.4. The van der Waals surface area contributed by atoms with E-state index in [0.29, 0.717) is 78.0 Å². The number of benzene rings is 1. The lowest BCUT2D eigenvalue weighted by molar-refractivity contribution is 0.0672. The molecule has 7 rings (SSSR count). The number of fused-ring (bicyclic) bond motifs is 3. The minimum Gasteiger partial charge on any atom is -0.392 e. The molecule has 0 aliphatic carbocycles. The zero-order chi connectivity index (χ0) is 60.8. The largest absolute Gasteiger partial charge is 0.392 e. The summed E-state index contributed by atoms with van der Waals surface area (Å²) in [6.07, 6.45) is 6.44. The summed E-state index contributed by atoms with van der Waals surface area (Å²) in [7, 11) is -14.9. The predicted molar refractivity (Wildman–Crippen MR) is 319 cm³/mol. The molecule has 6 heterocycles. The quantitative estimate of drug-likeness (QED) is 0.0147. The van der Waals surface area contributed by atoms with Gasteiger partial charge in [-0.25, -0.2) is 44.9 Å². The highest BCUT2D eigenvalue weighted by atomic mass is 79.9. The van der Waals surface area contributed by atoms with Crippen LogP contribution in [0, 0.1) is 6.92 Å². The van der Waals surface area contributed by atoms with E-state index < -0.39 is 64.5 Å². The zero-order valence-electron chi connectivity index (χ0n) is 47.0. The van der Waals surface area contributed by atoms with Gasteiger partial charge in [0.25, 0.3) is 10.1 Å². The fraction of sp³-hybridized carbons (Fsp3) is 0.543. The fourth-order valence-electron chi connectivity index (χ4n) is 6.40. The van der Waals surface area contributed by atoms with Crippen molar-refractivity contribution >= 4 is 106 Å². The van der Waals surface area contributed by atoms with Crippen molar-refractivity contribution in [2.45, 2.75) is 125 Å². The number of anilines is 3. The van der Waals surface area contributed by atoms with Gasteiger partial charge in [0, 0.05) is 0 Å². The molecule has 0 spiro atoms. The monoisotopic (exact) mass is 1310 g/mol. The van der Waals surface area contributed by atoms with Gasteiger partial charge in [0.05, 0.1) is 88.3 Å². The van der Waals surface area contributed by atoms with Gasteiger partial charge < -0.3 is 73.4 Å². The lowest BCUT2D eigenvalue weighted by atomic mass is 10.2. The standard InChI is InChI=1S/C13H22N5O4P.C12H19O6PS.C9H14N5O4P.C8H11N5O.C3H9BrSi.CH4/c1-4-21-23(19,22-5-2)9-20-10(3)6-18-8-17-11-12(14)15-7-16-13(11)18;1-4-16-19(13,17-5-2)10-18-20(14,15)12-8-6-11(3)7-9-12;1-6(18-5-19(15,16)17)2-14-4-13-7-8(10)11-3-12-9(7)14;1-5(14)2-13-4-12-6-7(9)10-3-11-8(6)13;1-5(2,3)4;/h7-8,10H,4-6,9H2,1-3H3,(H2,14,15,16);6-9H,4-5,10H2,1-3H3;3-4,6H,2,5H2,1H3,(H2,10,11,12)(H2,15,16,17);3-5,14H,2H2,1H3,(H2,9,10,11);1-3H3;1H4/t10-;;6-;5-;;/m1.11../s1. The van der Waals surface area contributed by atoms with E-state index in [-0.39, 0.29) is 43.8 Å². The molecule has 3 atom stereocenters. The number of hydrogen-bond donors (Lipinski definition) is 6. The van der Waals surface area contributed by atoms with Gasteiger partial charge in [-0.05, 0) is 67.5 Å². The molecule has 1 aromatic carbocycles. The van der Waals surface area contributed by atoms with E-state index in [1.54, 1.807) is 75.5 Å². The second-order valence-corrected chi connectivity index (χ2v) is 36.7. The zero-order valence-corrected chi connectivity index (χ0v) is 53.1. The molecule has 82 heavy (non-hydrogen) atoms. The molecule has 30 nitrogen and oxygen atoms in total. The molecule has 7 aromatic rings. The van der Waals surface area contributed by atoms with Crippen LogP contribution in [0.3, 0.4) is 0 Å². The van der Waals surface area contributed by atoms with Crippen LogP contribution in [0.5, 0.6) is 0 Å². The highest BCUT2D eigenvalue weighted by Crippen LogP contribution is 2.49. The van der Waals surface area contributed by atoms with E-state index in [1.165, 1.54) is 37.4 Å². The van der Waals surface area contributed by atoms with Gasteiger partial charge in [-0.3, -0.25) is 17.9 Å². The number of aromatic nitrogens is 12. The topological polar surface area (TPSA) is 420 Å². The van der Waals surface area contributed by atoms with Crippen LogP contribution < -0.4 is 17.2 Å². The van der Waals surface area contributed by atoms with Gasteiger partial charge in [0.15, 0.2) is 40.7 Å². The minimum absolute atomic E-state index is 0. The van der Waals surface area contributed by atoms with Crippen molar-refractivity contribution in [2.75, 3.05) is 62.7 Å². The van der Waals surface area contributed by atoms with Gasteiger partial charge in [0.1, 0.15) is 54.9 Å². The van der Waals surface area contributed by atoms with Crippen molar-refractivity contribution in [3.63, 3.8) is 0 Å². The van der Waals surface area contributed by atoms with Crippen LogP contribution in [0.2, 0.25) is 19.6 Å². The molecule has 0 unspecified atom stereocenters. The highest BCUT2D eigenvalue weighted by molar-refractivity contribution is 9.26. The molecular formula is C46H79BrN15O15P3SSi. The summed E-state index contributed by atoms with van der Waals surface area (Å²) in [5.41, 5.74) is 21.4. The molecule has 0 aliphatic heterocycles. The van der Waals surface area contributed by atoms with Gasteiger partial charge >= 0.3 is 22.8 Å². The first-order chi connectivity index (χ1) is 37.9. The van der Waals surface area contributed by atoms with Crippen molar-refractivity contribution in [1.82, 2.24) is 58.6 Å². The summed E-state index contributed by atoms with van der Waals surface area (Å²) in [5.74, 6) is 0.978.